The minimum absolute atomic E-state index is 0.0911. The SMILES string of the molecule is CC1(C)C=CC(=N)C(C=NC2(C)C=Cc3ncsc3C=C2)=CC1. The minimum Gasteiger partial charge on any atom is -0.300 e. The fraction of sp³-hybridized carbons (Fsp3) is 0.316. The molecule has 1 N–H and O–H groups in total. The third-order valence-corrected chi connectivity index (χ3v) is 4.93. The van der Waals surface area contributed by atoms with Gasteiger partial charge in [0.15, 0.2) is 0 Å². The summed E-state index contributed by atoms with van der Waals surface area (Å²) in [6, 6.07) is 0. The van der Waals surface area contributed by atoms with Crippen LogP contribution in [0.5, 0.6) is 0 Å². The van der Waals surface area contributed by atoms with Crippen molar-refractivity contribution in [2.45, 2.75) is 32.7 Å². The Morgan fingerprint density at radius 1 is 1.17 bits per heavy atom. The van der Waals surface area contributed by atoms with Gasteiger partial charge in [-0.25, -0.2) is 4.98 Å². The zero-order valence-corrected chi connectivity index (χ0v) is 14.5. The molecule has 23 heavy (non-hydrogen) atoms. The number of fused-ring (bicyclic) bond motifs is 1. The summed E-state index contributed by atoms with van der Waals surface area (Å²) in [4.78, 5) is 10.2. The molecule has 0 aliphatic heterocycles. The van der Waals surface area contributed by atoms with Crippen LogP contribution in [-0.4, -0.2) is 22.4 Å². The van der Waals surface area contributed by atoms with Gasteiger partial charge in [0.2, 0.25) is 0 Å². The van der Waals surface area contributed by atoms with Crippen LogP contribution in [-0.2, 0) is 0 Å². The molecule has 0 saturated carbocycles. The Kier molecular flexibility index (Phi) is 4.02. The summed E-state index contributed by atoms with van der Waals surface area (Å²) < 4.78 is 0. The molecule has 1 aromatic rings. The zero-order valence-electron chi connectivity index (χ0n) is 13.7. The topological polar surface area (TPSA) is 49.1 Å². The molecule has 1 aromatic heterocycles. The number of allylic oxidation sites excluding steroid dienone is 4. The molecular weight excluding hydrogens is 302 g/mol. The number of hydrogen-bond donors (Lipinski definition) is 1. The standard InChI is InChI=1S/C19H21N3S/c1-18(2)8-4-14(15(20)5-9-18)12-22-19(3)10-6-16-17(7-11-19)23-13-21-16/h4-7,9-13,20H,8H2,1-3H3. The van der Waals surface area contributed by atoms with E-state index in [1.54, 1.807) is 11.3 Å². The third-order valence-electron chi connectivity index (χ3n) is 4.12. The highest BCUT2D eigenvalue weighted by atomic mass is 32.1. The van der Waals surface area contributed by atoms with Crippen LogP contribution in [0.3, 0.4) is 0 Å². The largest absolute Gasteiger partial charge is 0.300 e. The van der Waals surface area contributed by atoms with Gasteiger partial charge in [0.25, 0.3) is 0 Å². The molecule has 2 aliphatic carbocycles. The van der Waals surface area contributed by atoms with Gasteiger partial charge < -0.3 is 5.41 Å². The highest BCUT2D eigenvalue weighted by Crippen LogP contribution is 2.28. The van der Waals surface area contributed by atoms with Crippen LogP contribution in [0.4, 0.5) is 0 Å². The van der Waals surface area contributed by atoms with E-state index in [-0.39, 0.29) is 5.41 Å². The lowest BCUT2D eigenvalue weighted by atomic mass is 9.90. The summed E-state index contributed by atoms with van der Waals surface area (Å²) in [7, 11) is 0. The molecule has 0 aromatic carbocycles. The van der Waals surface area contributed by atoms with E-state index in [4.69, 9.17) is 10.4 Å². The first-order valence-corrected chi connectivity index (χ1v) is 8.60. The number of hydrogen-bond acceptors (Lipinski definition) is 4. The first-order chi connectivity index (χ1) is 10.9. The summed E-state index contributed by atoms with van der Waals surface area (Å²) in [5.74, 6) is 0. The second-order valence-electron chi connectivity index (χ2n) is 6.85. The zero-order chi connectivity index (χ0) is 16.5. The van der Waals surface area contributed by atoms with Crippen molar-refractivity contribution in [3.05, 3.63) is 52.0 Å². The van der Waals surface area contributed by atoms with E-state index in [2.05, 4.69) is 56.1 Å². The van der Waals surface area contributed by atoms with Crippen LogP contribution in [0, 0.1) is 10.8 Å². The molecule has 0 bridgehead atoms. The van der Waals surface area contributed by atoms with Crippen molar-refractivity contribution in [3.63, 3.8) is 0 Å². The average molecular weight is 323 g/mol. The van der Waals surface area contributed by atoms with E-state index < -0.39 is 5.54 Å². The molecule has 0 fully saturated rings. The lowest BCUT2D eigenvalue weighted by molar-refractivity contribution is 0.490. The molecule has 4 heteroatoms. The van der Waals surface area contributed by atoms with Gasteiger partial charge in [0.1, 0.15) is 0 Å². The number of nitrogens with zero attached hydrogens (tertiary/aromatic N) is 2. The number of aromatic nitrogens is 1. The van der Waals surface area contributed by atoms with Crippen LogP contribution in [0.25, 0.3) is 12.2 Å². The van der Waals surface area contributed by atoms with E-state index in [0.717, 1.165) is 22.6 Å². The number of aliphatic imine (C=N–C) groups is 1. The first-order valence-electron chi connectivity index (χ1n) is 7.72. The van der Waals surface area contributed by atoms with Crippen molar-refractivity contribution in [3.8, 4) is 0 Å². The molecule has 1 atom stereocenters. The second kappa shape index (κ2) is 5.85. The van der Waals surface area contributed by atoms with Gasteiger partial charge in [-0.1, -0.05) is 38.2 Å². The molecule has 1 unspecified atom stereocenters. The van der Waals surface area contributed by atoms with Gasteiger partial charge in [-0.05, 0) is 37.0 Å². The molecule has 0 spiro atoms. The Morgan fingerprint density at radius 2 is 1.96 bits per heavy atom. The summed E-state index contributed by atoms with van der Waals surface area (Å²) >= 11 is 1.63. The lowest BCUT2D eigenvalue weighted by Crippen LogP contribution is -2.15. The molecule has 1 heterocycles. The van der Waals surface area contributed by atoms with Gasteiger partial charge in [0, 0.05) is 11.8 Å². The molecule has 0 radical (unpaired) electrons. The molecule has 3 rings (SSSR count). The van der Waals surface area contributed by atoms with Gasteiger partial charge >= 0.3 is 0 Å². The predicted molar refractivity (Wildman–Crippen MR) is 100 cm³/mol. The van der Waals surface area contributed by atoms with Gasteiger partial charge in [-0.15, -0.1) is 11.3 Å². The minimum atomic E-state index is -0.410. The summed E-state index contributed by atoms with van der Waals surface area (Å²) in [6.45, 7) is 6.42. The normalized spacial score (nSPS) is 26.0. The smallest absolute Gasteiger partial charge is 0.0947 e. The highest BCUT2D eigenvalue weighted by molar-refractivity contribution is 7.10. The van der Waals surface area contributed by atoms with Crippen molar-refractivity contribution in [2.75, 3.05) is 0 Å². The lowest BCUT2D eigenvalue weighted by Gasteiger charge is -2.16. The predicted octanol–water partition coefficient (Wildman–Crippen LogP) is 4.94. The van der Waals surface area contributed by atoms with Crippen LogP contribution in [0.1, 0.15) is 37.8 Å². The van der Waals surface area contributed by atoms with Crippen molar-refractivity contribution in [1.82, 2.24) is 4.98 Å². The molecule has 0 amide bonds. The maximum atomic E-state index is 8.18. The summed E-state index contributed by atoms with van der Waals surface area (Å²) in [5, 5.41) is 8.18. The van der Waals surface area contributed by atoms with Crippen LogP contribution < -0.4 is 0 Å². The quantitative estimate of drug-likeness (QED) is 0.770. The molecule has 0 saturated heterocycles. The van der Waals surface area contributed by atoms with Gasteiger partial charge in [-0.3, -0.25) is 4.99 Å². The third kappa shape index (κ3) is 3.64. The van der Waals surface area contributed by atoms with Crippen molar-refractivity contribution >= 4 is 35.4 Å². The van der Waals surface area contributed by atoms with E-state index in [0.29, 0.717) is 5.71 Å². The Morgan fingerprint density at radius 3 is 2.78 bits per heavy atom. The van der Waals surface area contributed by atoms with Crippen LogP contribution in [0.15, 0.2) is 46.5 Å². The van der Waals surface area contributed by atoms with E-state index in [1.165, 1.54) is 0 Å². The monoisotopic (exact) mass is 323 g/mol. The maximum Gasteiger partial charge on any atom is 0.0947 e. The van der Waals surface area contributed by atoms with Gasteiger partial charge in [0.05, 0.1) is 27.3 Å². The highest BCUT2D eigenvalue weighted by Gasteiger charge is 2.20. The molecular formula is C19H21N3S. The van der Waals surface area contributed by atoms with Crippen molar-refractivity contribution < 1.29 is 0 Å². The van der Waals surface area contributed by atoms with E-state index >= 15 is 0 Å². The molecule has 2 aliphatic rings. The first kappa shape index (κ1) is 15.8. The second-order valence-corrected chi connectivity index (χ2v) is 7.74. The Labute approximate surface area is 141 Å². The van der Waals surface area contributed by atoms with E-state index in [9.17, 15) is 0 Å². The summed E-state index contributed by atoms with van der Waals surface area (Å²) in [5.41, 5.74) is 3.94. The number of rotatable bonds is 2. The Balaban J connectivity index is 1.84. The van der Waals surface area contributed by atoms with E-state index in [1.807, 2.05) is 23.9 Å². The molecule has 118 valence electrons. The van der Waals surface area contributed by atoms with Crippen molar-refractivity contribution in [1.29, 1.82) is 5.41 Å². The Hall–Kier alpha value is -2.07. The number of nitrogens with one attached hydrogen (secondary N) is 1. The van der Waals surface area contributed by atoms with Crippen LogP contribution in [0.2, 0.25) is 0 Å². The van der Waals surface area contributed by atoms with Crippen LogP contribution >= 0.6 is 11.3 Å². The maximum absolute atomic E-state index is 8.18. The Bertz CT molecular complexity index is 744. The molecule has 3 nitrogen and oxygen atoms in total. The van der Waals surface area contributed by atoms with Gasteiger partial charge in [-0.2, -0.15) is 0 Å². The van der Waals surface area contributed by atoms with Crippen molar-refractivity contribution in [2.24, 2.45) is 10.4 Å². The fourth-order valence-corrected chi connectivity index (χ4v) is 3.10. The fourth-order valence-electron chi connectivity index (χ4n) is 2.43. The number of thiazole rings is 1. The average Bonchev–Trinajstić information content (AvgIpc) is 2.84. The summed E-state index contributed by atoms with van der Waals surface area (Å²) in [6.07, 6.45) is 17.1.